The lowest BCUT2D eigenvalue weighted by atomic mass is 9.81. The van der Waals surface area contributed by atoms with Gasteiger partial charge in [-0.3, -0.25) is 14.3 Å². The number of carbonyl (C=O) groups is 1. The second-order valence-electron chi connectivity index (χ2n) is 9.38. The molecule has 8 heteroatoms. The third-order valence-electron chi connectivity index (χ3n) is 6.99. The van der Waals surface area contributed by atoms with Gasteiger partial charge < -0.3 is 14.2 Å². The van der Waals surface area contributed by atoms with Crippen LogP contribution in [0, 0.1) is 0 Å². The van der Waals surface area contributed by atoms with E-state index in [0.717, 1.165) is 46.3 Å². The third kappa shape index (κ3) is 4.36. The maximum absolute atomic E-state index is 13.0. The van der Waals surface area contributed by atoms with E-state index in [1.165, 1.54) is 24.8 Å². The van der Waals surface area contributed by atoms with Crippen LogP contribution in [-0.4, -0.2) is 46.7 Å². The van der Waals surface area contributed by atoms with Crippen molar-refractivity contribution in [2.45, 2.75) is 44.6 Å². The van der Waals surface area contributed by atoms with Crippen LogP contribution in [0.4, 0.5) is 0 Å². The maximum atomic E-state index is 13.0. The van der Waals surface area contributed by atoms with Crippen LogP contribution in [0.2, 0.25) is 0 Å². The van der Waals surface area contributed by atoms with Crippen molar-refractivity contribution in [2.75, 3.05) is 21.2 Å². The molecule has 0 bridgehead atoms. The predicted octanol–water partition coefficient (Wildman–Crippen LogP) is 4.80. The van der Waals surface area contributed by atoms with E-state index in [0.29, 0.717) is 11.7 Å². The number of carbonyl (C=O) groups excluding carboxylic acids is 1. The Bertz CT molecular complexity index is 1410. The van der Waals surface area contributed by atoms with Crippen LogP contribution in [0.15, 0.2) is 51.8 Å². The van der Waals surface area contributed by atoms with Gasteiger partial charge in [0, 0.05) is 25.0 Å². The molecule has 0 aliphatic heterocycles. The molecule has 0 radical (unpaired) electrons. The molecule has 2 aromatic heterocycles. The molecule has 8 nitrogen and oxygen atoms in total. The highest BCUT2D eigenvalue weighted by Crippen LogP contribution is 2.45. The van der Waals surface area contributed by atoms with Gasteiger partial charge in [-0.15, -0.1) is 0 Å². The number of rotatable bonds is 6. The van der Waals surface area contributed by atoms with E-state index < -0.39 is 5.76 Å². The lowest BCUT2D eigenvalue weighted by Gasteiger charge is -2.24. The average molecular weight is 475 g/mol. The third-order valence-corrected chi connectivity index (χ3v) is 6.99. The van der Waals surface area contributed by atoms with Gasteiger partial charge in [-0.2, -0.15) is 0 Å². The minimum atomic E-state index is -0.597. The van der Waals surface area contributed by atoms with Crippen LogP contribution in [0.5, 0.6) is 5.75 Å². The smallest absolute Gasteiger partial charge is 0.439 e. The Labute approximate surface area is 203 Å². The van der Waals surface area contributed by atoms with E-state index in [1.54, 1.807) is 26.1 Å². The van der Waals surface area contributed by atoms with E-state index in [4.69, 9.17) is 9.26 Å². The summed E-state index contributed by atoms with van der Waals surface area (Å²) < 4.78 is 12.2. The summed E-state index contributed by atoms with van der Waals surface area (Å²) >= 11 is 0. The van der Waals surface area contributed by atoms with Crippen LogP contribution >= 0.6 is 0 Å². The largest absolute Gasteiger partial charge is 0.497 e. The minimum Gasteiger partial charge on any atom is -0.497 e. The highest BCUT2D eigenvalue weighted by molar-refractivity contribution is 5.96. The van der Waals surface area contributed by atoms with Gasteiger partial charge in [0.2, 0.25) is 5.91 Å². The molecule has 1 amide bonds. The van der Waals surface area contributed by atoms with Crippen LogP contribution in [0.3, 0.4) is 0 Å². The van der Waals surface area contributed by atoms with Crippen molar-refractivity contribution in [3.63, 3.8) is 0 Å². The zero-order valence-electron chi connectivity index (χ0n) is 20.3. The summed E-state index contributed by atoms with van der Waals surface area (Å²) in [7, 11) is 5.20. The first-order chi connectivity index (χ1) is 17.0. The number of aromatic nitrogens is 3. The molecule has 1 aliphatic rings. The topological polar surface area (TPSA) is 93.4 Å². The summed E-state index contributed by atoms with van der Waals surface area (Å²) in [6, 6.07) is 14.1. The molecule has 0 saturated heterocycles. The summed E-state index contributed by atoms with van der Waals surface area (Å²) in [5.74, 6) is 0.981. The van der Waals surface area contributed by atoms with E-state index >= 15 is 0 Å². The van der Waals surface area contributed by atoms with Gasteiger partial charge in [0.1, 0.15) is 12.3 Å². The Morgan fingerprint density at radius 3 is 2.46 bits per heavy atom. The average Bonchev–Trinajstić information content (AvgIpc) is 3.45. The fourth-order valence-corrected chi connectivity index (χ4v) is 5.18. The van der Waals surface area contributed by atoms with E-state index in [9.17, 15) is 9.59 Å². The molecule has 0 spiro atoms. The Hall–Kier alpha value is -3.81. The fourth-order valence-electron chi connectivity index (χ4n) is 5.18. The SMILES string of the molecule is COc1ccc(-c2c(C3CCCCC3)c3ccc(-c4noc(=O)[nH]4)cc3n2CC(=O)N(C)C)cc1. The molecule has 1 N–H and O–H groups in total. The zero-order valence-corrected chi connectivity index (χ0v) is 20.3. The van der Waals surface area contributed by atoms with Gasteiger partial charge in [-0.1, -0.05) is 36.6 Å². The summed E-state index contributed by atoms with van der Waals surface area (Å²) in [6.45, 7) is 0.205. The van der Waals surface area contributed by atoms with Crippen molar-refractivity contribution in [3.8, 4) is 28.4 Å². The highest BCUT2D eigenvalue weighted by Gasteiger charge is 2.28. The Kier molecular flexibility index (Phi) is 6.19. The molecule has 2 aromatic carbocycles. The second-order valence-corrected chi connectivity index (χ2v) is 9.38. The molecule has 4 aromatic rings. The van der Waals surface area contributed by atoms with Crippen molar-refractivity contribution in [3.05, 3.63) is 58.6 Å². The number of fused-ring (bicyclic) bond motifs is 1. The van der Waals surface area contributed by atoms with Crippen molar-refractivity contribution >= 4 is 16.8 Å². The molecule has 182 valence electrons. The standard InChI is InChI=1S/C27H30N4O4/c1-30(2)23(32)16-31-22-15-19(26-28-27(33)35-29-26)11-14-21(22)24(17-7-5-4-6-8-17)25(31)18-9-12-20(34-3)13-10-18/h9-15,17H,4-8,16H2,1-3H3,(H,28,29,33). The van der Waals surface area contributed by atoms with E-state index in [-0.39, 0.29) is 12.5 Å². The molecule has 1 aliphatic carbocycles. The predicted molar refractivity (Wildman–Crippen MR) is 135 cm³/mol. The zero-order chi connectivity index (χ0) is 24.5. The number of hydrogen-bond acceptors (Lipinski definition) is 5. The van der Waals surface area contributed by atoms with Crippen molar-refractivity contribution in [2.24, 2.45) is 0 Å². The Balaban J connectivity index is 1.79. The molecular weight excluding hydrogens is 444 g/mol. The van der Waals surface area contributed by atoms with Gasteiger partial charge in [0.05, 0.1) is 18.3 Å². The Morgan fingerprint density at radius 2 is 1.83 bits per heavy atom. The molecule has 1 saturated carbocycles. The van der Waals surface area contributed by atoms with Gasteiger partial charge >= 0.3 is 5.76 Å². The molecule has 2 heterocycles. The maximum Gasteiger partial charge on any atom is 0.439 e. The van der Waals surface area contributed by atoms with Crippen molar-refractivity contribution in [1.29, 1.82) is 0 Å². The van der Waals surface area contributed by atoms with Crippen molar-refractivity contribution < 1.29 is 14.1 Å². The molecule has 0 unspecified atom stereocenters. The summed E-state index contributed by atoms with van der Waals surface area (Å²) in [6.07, 6.45) is 5.92. The number of benzene rings is 2. The van der Waals surface area contributed by atoms with Crippen LogP contribution in [-0.2, 0) is 11.3 Å². The van der Waals surface area contributed by atoms with Crippen LogP contribution < -0.4 is 10.5 Å². The molecule has 0 atom stereocenters. The van der Waals surface area contributed by atoms with Crippen molar-refractivity contribution in [1.82, 2.24) is 19.6 Å². The number of ether oxygens (including phenoxy) is 1. The number of nitrogens with zero attached hydrogens (tertiary/aromatic N) is 3. The van der Waals surface area contributed by atoms with Gasteiger partial charge in [0.15, 0.2) is 5.82 Å². The van der Waals surface area contributed by atoms with Crippen LogP contribution in [0.25, 0.3) is 33.5 Å². The first kappa shape index (κ1) is 23.0. The number of hydrogen-bond donors (Lipinski definition) is 1. The fraction of sp³-hybridized carbons (Fsp3) is 0.370. The van der Waals surface area contributed by atoms with E-state index in [1.807, 2.05) is 24.3 Å². The number of amides is 1. The minimum absolute atomic E-state index is 0.00658. The number of methoxy groups -OCH3 is 1. The summed E-state index contributed by atoms with van der Waals surface area (Å²) in [5, 5.41) is 5.00. The monoisotopic (exact) mass is 474 g/mol. The summed E-state index contributed by atoms with van der Waals surface area (Å²) in [4.78, 5) is 28.8. The van der Waals surface area contributed by atoms with E-state index in [2.05, 4.69) is 32.9 Å². The highest BCUT2D eigenvalue weighted by atomic mass is 16.5. The molecule has 1 fully saturated rings. The molecule has 35 heavy (non-hydrogen) atoms. The quantitative estimate of drug-likeness (QED) is 0.433. The number of likely N-dealkylation sites (N-methyl/N-ethyl adjacent to an activating group) is 1. The summed E-state index contributed by atoms with van der Waals surface area (Å²) in [5.41, 5.74) is 5.07. The van der Waals surface area contributed by atoms with Gasteiger partial charge in [0.25, 0.3) is 0 Å². The lowest BCUT2D eigenvalue weighted by molar-refractivity contribution is -0.129. The molecule has 5 rings (SSSR count). The molecular formula is C27H30N4O4. The Morgan fingerprint density at radius 1 is 1.11 bits per heavy atom. The van der Waals surface area contributed by atoms with Crippen LogP contribution in [0.1, 0.15) is 43.6 Å². The van der Waals surface area contributed by atoms with Gasteiger partial charge in [-0.25, -0.2) is 4.79 Å². The first-order valence-corrected chi connectivity index (χ1v) is 12.0. The second kappa shape index (κ2) is 9.44. The number of H-pyrrole nitrogens is 1. The number of nitrogens with one attached hydrogen (secondary N) is 1. The first-order valence-electron chi connectivity index (χ1n) is 12.0. The number of aromatic amines is 1. The normalized spacial score (nSPS) is 14.4. The lowest BCUT2D eigenvalue weighted by Crippen LogP contribution is -2.26. The van der Waals surface area contributed by atoms with Gasteiger partial charge in [-0.05, 0) is 60.2 Å².